The molecule has 0 rings (SSSR count). The normalized spacial score (nSPS) is 14.9. The molecule has 0 saturated heterocycles. The van der Waals surface area contributed by atoms with Gasteiger partial charge in [-0.05, 0) is 38.7 Å². The predicted octanol–water partition coefficient (Wildman–Crippen LogP) is 4.45. The third-order valence-corrected chi connectivity index (χ3v) is 2.44. The number of rotatable bonds is 8. The summed E-state index contributed by atoms with van der Waals surface area (Å²) in [5, 5.41) is 0. The first-order chi connectivity index (χ1) is 8.02. The van der Waals surface area contributed by atoms with Crippen LogP contribution in [0.5, 0.6) is 0 Å². The van der Waals surface area contributed by atoms with Gasteiger partial charge in [-0.15, -0.1) is 6.58 Å². The zero-order valence-corrected chi connectivity index (χ0v) is 11.8. The van der Waals surface area contributed by atoms with Gasteiger partial charge in [-0.1, -0.05) is 31.6 Å². The van der Waals surface area contributed by atoms with E-state index in [0.717, 1.165) is 12.0 Å². The van der Waals surface area contributed by atoms with Gasteiger partial charge < -0.3 is 9.47 Å². The second kappa shape index (κ2) is 9.06. The molecular weight excluding hydrogens is 212 g/mol. The summed E-state index contributed by atoms with van der Waals surface area (Å²) in [5.74, 6) is 0.645. The first-order valence-corrected chi connectivity index (χ1v) is 6.18. The molecule has 0 radical (unpaired) electrons. The monoisotopic (exact) mass is 238 g/mol. The number of allylic oxidation sites excluding steroid dienone is 2. The van der Waals surface area contributed by atoms with Crippen molar-refractivity contribution >= 4 is 0 Å². The van der Waals surface area contributed by atoms with Crippen LogP contribution in [0, 0.1) is 5.92 Å². The summed E-state index contributed by atoms with van der Waals surface area (Å²) in [7, 11) is 0. The summed E-state index contributed by atoms with van der Waals surface area (Å²) < 4.78 is 11.2. The fourth-order valence-electron chi connectivity index (χ4n) is 1.55. The second-order valence-electron chi connectivity index (χ2n) is 4.62. The van der Waals surface area contributed by atoms with Gasteiger partial charge in [0.15, 0.2) is 0 Å². The predicted molar refractivity (Wildman–Crippen MR) is 73.7 cm³/mol. The highest BCUT2D eigenvalue weighted by Gasteiger charge is 2.13. The first-order valence-electron chi connectivity index (χ1n) is 6.18. The Morgan fingerprint density at radius 2 is 1.94 bits per heavy atom. The molecule has 0 saturated carbocycles. The van der Waals surface area contributed by atoms with Gasteiger partial charge in [0, 0.05) is 0 Å². The lowest BCUT2D eigenvalue weighted by Gasteiger charge is -2.20. The Balaban J connectivity index is 4.68. The van der Waals surface area contributed by atoms with Crippen molar-refractivity contribution in [2.75, 3.05) is 6.61 Å². The van der Waals surface area contributed by atoms with E-state index in [1.165, 1.54) is 5.57 Å². The lowest BCUT2D eigenvalue weighted by Crippen LogP contribution is -2.18. The minimum absolute atomic E-state index is 0.303. The van der Waals surface area contributed by atoms with E-state index in [-0.39, 0.29) is 6.29 Å². The average molecular weight is 238 g/mol. The fraction of sp³-hybridized carbons (Fsp3) is 0.600. The van der Waals surface area contributed by atoms with E-state index in [2.05, 4.69) is 34.3 Å². The standard InChI is InChI=1S/C15H26O2/c1-7-9-16-15(17-10-8-2)14(6)13(5)11-12(3)4/h7-8,10,12,15H,1,9,11H2,2-6H3. The van der Waals surface area contributed by atoms with Crippen molar-refractivity contribution in [3.8, 4) is 0 Å². The van der Waals surface area contributed by atoms with Crippen molar-refractivity contribution in [1.29, 1.82) is 0 Å². The van der Waals surface area contributed by atoms with E-state index in [9.17, 15) is 0 Å². The van der Waals surface area contributed by atoms with E-state index in [4.69, 9.17) is 9.47 Å². The van der Waals surface area contributed by atoms with Crippen molar-refractivity contribution in [2.24, 2.45) is 5.92 Å². The molecule has 0 aromatic carbocycles. The second-order valence-corrected chi connectivity index (χ2v) is 4.62. The van der Waals surface area contributed by atoms with Gasteiger partial charge in [0.2, 0.25) is 6.29 Å². The molecule has 0 amide bonds. The lowest BCUT2D eigenvalue weighted by molar-refractivity contribution is -0.0702. The maximum atomic E-state index is 5.61. The minimum atomic E-state index is -0.303. The zero-order valence-electron chi connectivity index (χ0n) is 11.8. The molecule has 0 spiro atoms. The van der Waals surface area contributed by atoms with Crippen molar-refractivity contribution in [2.45, 2.75) is 47.3 Å². The van der Waals surface area contributed by atoms with Gasteiger partial charge in [0.25, 0.3) is 0 Å². The quantitative estimate of drug-likeness (QED) is 0.353. The fourth-order valence-corrected chi connectivity index (χ4v) is 1.55. The van der Waals surface area contributed by atoms with E-state index in [0.29, 0.717) is 12.5 Å². The van der Waals surface area contributed by atoms with Crippen molar-refractivity contribution in [3.63, 3.8) is 0 Å². The van der Waals surface area contributed by atoms with E-state index in [1.807, 2.05) is 13.0 Å². The molecule has 0 aliphatic heterocycles. The molecule has 2 nitrogen and oxygen atoms in total. The largest absolute Gasteiger partial charge is 0.469 e. The maximum Gasteiger partial charge on any atom is 0.222 e. The molecule has 0 fully saturated rings. The summed E-state index contributed by atoms with van der Waals surface area (Å²) >= 11 is 0. The molecule has 0 aromatic heterocycles. The number of hydrogen-bond acceptors (Lipinski definition) is 2. The molecule has 17 heavy (non-hydrogen) atoms. The topological polar surface area (TPSA) is 18.5 Å². The zero-order chi connectivity index (χ0) is 13.3. The van der Waals surface area contributed by atoms with Crippen LogP contribution >= 0.6 is 0 Å². The molecule has 1 atom stereocenters. The third-order valence-electron chi connectivity index (χ3n) is 2.44. The highest BCUT2D eigenvalue weighted by atomic mass is 16.7. The van der Waals surface area contributed by atoms with E-state index in [1.54, 1.807) is 12.3 Å². The molecule has 0 heterocycles. The van der Waals surface area contributed by atoms with E-state index < -0.39 is 0 Å². The minimum Gasteiger partial charge on any atom is -0.469 e. The number of ether oxygens (including phenoxy) is 2. The molecular formula is C15H26O2. The Labute approximate surface area is 106 Å². The molecule has 0 aliphatic rings. The van der Waals surface area contributed by atoms with Gasteiger partial charge in [0.1, 0.15) is 0 Å². The van der Waals surface area contributed by atoms with Crippen LogP contribution in [0.3, 0.4) is 0 Å². The molecule has 0 aromatic rings. The molecule has 1 unspecified atom stereocenters. The van der Waals surface area contributed by atoms with Gasteiger partial charge in [0.05, 0.1) is 12.9 Å². The number of hydrogen-bond donors (Lipinski definition) is 0. The van der Waals surface area contributed by atoms with E-state index >= 15 is 0 Å². The third kappa shape index (κ3) is 7.01. The maximum absolute atomic E-state index is 5.61. The summed E-state index contributed by atoms with van der Waals surface area (Å²) in [5.41, 5.74) is 2.48. The smallest absolute Gasteiger partial charge is 0.222 e. The van der Waals surface area contributed by atoms with Gasteiger partial charge in [-0.25, -0.2) is 0 Å². The molecule has 2 heteroatoms. The van der Waals surface area contributed by atoms with Crippen LogP contribution in [0.4, 0.5) is 0 Å². The highest BCUT2D eigenvalue weighted by Crippen LogP contribution is 2.19. The first kappa shape index (κ1) is 16.0. The Morgan fingerprint density at radius 1 is 1.29 bits per heavy atom. The van der Waals surface area contributed by atoms with Gasteiger partial charge in [-0.2, -0.15) is 0 Å². The van der Waals surface area contributed by atoms with Crippen LogP contribution in [-0.2, 0) is 9.47 Å². The molecule has 98 valence electrons. The van der Waals surface area contributed by atoms with Crippen molar-refractivity contribution in [1.82, 2.24) is 0 Å². The van der Waals surface area contributed by atoms with Crippen LogP contribution in [0.15, 0.2) is 36.1 Å². The van der Waals surface area contributed by atoms with Crippen LogP contribution in [0.1, 0.15) is 41.0 Å². The van der Waals surface area contributed by atoms with Gasteiger partial charge in [-0.3, -0.25) is 0 Å². The van der Waals surface area contributed by atoms with Crippen LogP contribution in [0.2, 0.25) is 0 Å². The Morgan fingerprint density at radius 3 is 2.41 bits per heavy atom. The Kier molecular flexibility index (Phi) is 8.51. The SMILES string of the molecule is C=CCOC(OC=CC)C(C)=C(C)CC(C)C. The lowest BCUT2D eigenvalue weighted by atomic mass is 10.00. The molecule has 0 aliphatic carbocycles. The van der Waals surface area contributed by atoms with Gasteiger partial charge >= 0.3 is 0 Å². The Bertz CT molecular complexity index is 275. The average Bonchev–Trinajstić information content (AvgIpc) is 2.27. The van der Waals surface area contributed by atoms with Crippen LogP contribution in [-0.4, -0.2) is 12.9 Å². The summed E-state index contributed by atoms with van der Waals surface area (Å²) in [6.45, 7) is 14.7. The highest BCUT2D eigenvalue weighted by molar-refractivity contribution is 5.13. The summed E-state index contributed by atoms with van der Waals surface area (Å²) in [4.78, 5) is 0. The van der Waals surface area contributed by atoms with Crippen molar-refractivity contribution < 1.29 is 9.47 Å². The summed E-state index contributed by atoms with van der Waals surface area (Å²) in [6, 6.07) is 0. The van der Waals surface area contributed by atoms with Crippen LogP contribution < -0.4 is 0 Å². The van der Waals surface area contributed by atoms with Crippen LogP contribution in [0.25, 0.3) is 0 Å². The van der Waals surface area contributed by atoms with Crippen molar-refractivity contribution in [3.05, 3.63) is 36.1 Å². The summed E-state index contributed by atoms with van der Waals surface area (Å²) in [6.07, 6.45) is 6.02. The molecule has 0 bridgehead atoms. The molecule has 0 N–H and O–H groups in total. The Hall–Kier alpha value is -1.02.